The topological polar surface area (TPSA) is 71.1 Å². The number of aryl methyl sites for hydroxylation is 1. The number of carbonyl (C=O) groups is 2. The fourth-order valence-corrected chi connectivity index (χ4v) is 4.63. The van der Waals surface area contributed by atoms with E-state index in [4.69, 9.17) is 9.47 Å². The first-order valence-electron chi connectivity index (χ1n) is 11.4. The molecule has 3 amide bonds. The summed E-state index contributed by atoms with van der Waals surface area (Å²) in [7, 11) is 0. The van der Waals surface area contributed by atoms with Crippen LogP contribution in [0.5, 0.6) is 11.5 Å². The van der Waals surface area contributed by atoms with Crippen LogP contribution in [-0.4, -0.2) is 41.1 Å². The van der Waals surface area contributed by atoms with E-state index in [1.807, 2.05) is 66.9 Å². The third kappa shape index (κ3) is 5.34. The summed E-state index contributed by atoms with van der Waals surface area (Å²) in [4.78, 5) is 31.1. The van der Waals surface area contributed by atoms with Crippen LogP contribution in [0, 0.1) is 6.92 Å². The fraction of sp³-hybridized carbons (Fsp3) is 0.308. The van der Waals surface area contributed by atoms with E-state index in [9.17, 15) is 9.59 Å². The van der Waals surface area contributed by atoms with Gasteiger partial charge in [-0.1, -0.05) is 29.8 Å². The van der Waals surface area contributed by atoms with Crippen molar-refractivity contribution in [2.24, 2.45) is 0 Å². The summed E-state index contributed by atoms with van der Waals surface area (Å²) in [5, 5.41) is 4.95. The van der Waals surface area contributed by atoms with Crippen LogP contribution in [0.4, 0.5) is 10.5 Å². The molecule has 1 saturated carbocycles. The number of anilines is 1. The van der Waals surface area contributed by atoms with Crippen LogP contribution in [0.1, 0.15) is 28.8 Å². The van der Waals surface area contributed by atoms with Crippen LogP contribution < -0.4 is 14.8 Å². The SMILES string of the molecule is Cc1ccc(NC(=O)N(CC(=O)N(Cc2ccc3c(c2)OCO3)Cc2cccs2)C2CC2)cc1. The van der Waals surface area contributed by atoms with Gasteiger partial charge in [0.1, 0.15) is 6.54 Å². The lowest BCUT2D eigenvalue weighted by Crippen LogP contribution is -2.45. The maximum Gasteiger partial charge on any atom is 0.322 e. The lowest BCUT2D eigenvalue weighted by Gasteiger charge is -2.28. The van der Waals surface area contributed by atoms with Gasteiger partial charge < -0.3 is 24.6 Å². The highest BCUT2D eigenvalue weighted by Gasteiger charge is 2.35. The average Bonchev–Trinajstić information content (AvgIpc) is 3.33. The molecule has 0 spiro atoms. The Hall–Kier alpha value is -3.52. The number of hydrogen-bond acceptors (Lipinski definition) is 5. The predicted octanol–water partition coefficient (Wildman–Crippen LogP) is 5.01. The Kier molecular flexibility index (Phi) is 6.40. The largest absolute Gasteiger partial charge is 0.454 e. The van der Waals surface area contributed by atoms with Crippen LogP contribution in [0.2, 0.25) is 0 Å². The van der Waals surface area contributed by atoms with Crippen molar-refractivity contribution in [2.45, 2.75) is 38.9 Å². The number of hydrogen-bond donors (Lipinski definition) is 1. The first-order chi connectivity index (χ1) is 16.5. The molecule has 1 aliphatic heterocycles. The first-order valence-corrected chi connectivity index (χ1v) is 12.3. The molecule has 1 aromatic heterocycles. The lowest BCUT2D eigenvalue weighted by molar-refractivity contribution is -0.133. The number of rotatable bonds is 8. The number of nitrogens with one attached hydrogen (secondary N) is 1. The second kappa shape index (κ2) is 9.77. The van der Waals surface area contributed by atoms with E-state index in [0.717, 1.165) is 34.5 Å². The molecular formula is C26H27N3O4S. The van der Waals surface area contributed by atoms with Gasteiger partial charge in [-0.2, -0.15) is 0 Å². The third-order valence-corrected chi connectivity index (χ3v) is 6.81. The van der Waals surface area contributed by atoms with Gasteiger partial charge >= 0.3 is 6.03 Å². The van der Waals surface area contributed by atoms with E-state index in [-0.39, 0.29) is 31.3 Å². The van der Waals surface area contributed by atoms with Crippen molar-refractivity contribution >= 4 is 29.0 Å². The average molecular weight is 478 g/mol. The minimum Gasteiger partial charge on any atom is -0.454 e. The van der Waals surface area contributed by atoms with Gasteiger partial charge in [0.25, 0.3) is 0 Å². The second-order valence-corrected chi connectivity index (χ2v) is 9.70. The molecule has 8 heteroatoms. The van der Waals surface area contributed by atoms with Gasteiger partial charge in [-0.25, -0.2) is 4.79 Å². The van der Waals surface area contributed by atoms with Crippen LogP contribution in [0.15, 0.2) is 60.0 Å². The quantitative estimate of drug-likeness (QED) is 0.495. The normalized spacial score (nSPS) is 14.0. The molecule has 1 N–H and O–H groups in total. The number of fused-ring (bicyclic) bond motifs is 1. The molecule has 3 aromatic rings. The Labute approximate surface area is 202 Å². The van der Waals surface area contributed by atoms with Crippen LogP contribution in [-0.2, 0) is 17.9 Å². The van der Waals surface area contributed by atoms with E-state index >= 15 is 0 Å². The highest BCUT2D eigenvalue weighted by Crippen LogP contribution is 2.33. The minimum absolute atomic E-state index is 0.0400. The molecule has 2 aromatic carbocycles. The van der Waals surface area contributed by atoms with Gasteiger partial charge in [-0.05, 0) is 61.0 Å². The highest BCUT2D eigenvalue weighted by atomic mass is 32.1. The molecule has 0 atom stereocenters. The molecule has 0 saturated heterocycles. The maximum absolute atomic E-state index is 13.5. The number of thiophene rings is 1. The Morgan fingerprint density at radius 2 is 1.82 bits per heavy atom. The first kappa shape index (κ1) is 22.3. The zero-order valence-corrected chi connectivity index (χ0v) is 19.8. The number of amides is 3. The Morgan fingerprint density at radius 1 is 1.03 bits per heavy atom. The smallest absolute Gasteiger partial charge is 0.322 e. The Morgan fingerprint density at radius 3 is 2.56 bits per heavy atom. The zero-order valence-electron chi connectivity index (χ0n) is 19.0. The molecule has 1 fully saturated rings. The Balaban J connectivity index is 1.31. The molecule has 176 valence electrons. The summed E-state index contributed by atoms with van der Waals surface area (Å²) in [5.74, 6) is 1.32. The van der Waals surface area contributed by atoms with Gasteiger partial charge in [0.15, 0.2) is 11.5 Å². The number of nitrogens with zero attached hydrogens (tertiary/aromatic N) is 2. The molecule has 0 bridgehead atoms. The molecule has 2 heterocycles. The van der Waals surface area contributed by atoms with E-state index in [1.165, 1.54) is 0 Å². The standard InChI is InChI=1S/C26H27N3O4S/c1-18-4-7-20(8-5-18)27-26(31)29(21-9-10-21)16-25(30)28(15-22-3-2-12-34-22)14-19-6-11-23-24(13-19)33-17-32-23/h2-8,11-13,21H,9-10,14-17H2,1H3,(H,27,31). The third-order valence-electron chi connectivity index (χ3n) is 5.95. The van der Waals surface area contributed by atoms with E-state index in [2.05, 4.69) is 5.32 Å². The zero-order chi connectivity index (χ0) is 23.5. The van der Waals surface area contributed by atoms with Gasteiger partial charge in [-0.3, -0.25) is 4.79 Å². The van der Waals surface area contributed by atoms with Crippen molar-refractivity contribution in [3.8, 4) is 11.5 Å². The lowest BCUT2D eigenvalue weighted by atomic mass is 10.2. The predicted molar refractivity (Wildman–Crippen MR) is 131 cm³/mol. The summed E-state index contributed by atoms with van der Waals surface area (Å²) >= 11 is 1.61. The van der Waals surface area contributed by atoms with Crippen LogP contribution in [0.25, 0.3) is 0 Å². The number of benzene rings is 2. The summed E-state index contributed by atoms with van der Waals surface area (Å²) in [6.07, 6.45) is 1.84. The van der Waals surface area contributed by atoms with Crippen molar-refractivity contribution in [1.82, 2.24) is 9.80 Å². The van der Waals surface area contributed by atoms with E-state index in [0.29, 0.717) is 24.6 Å². The fourth-order valence-electron chi connectivity index (χ4n) is 3.91. The van der Waals surface area contributed by atoms with Gasteiger partial charge in [0.05, 0.1) is 6.54 Å². The Bertz CT molecular complexity index is 1160. The van der Waals surface area contributed by atoms with Gasteiger partial charge in [0.2, 0.25) is 12.7 Å². The van der Waals surface area contributed by atoms with Crippen molar-refractivity contribution in [3.05, 3.63) is 76.0 Å². The van der Waals surface area contributed by atoms with Crippen molar-refractivity contribution in [3.63, 3.8) is 0 Å². The summed E-state index contributed by atoms with van der Waals surface area (Å²) < 4.78 is 10.9. The van der Waals surface area contributed by atoms with E-state index < -0.39 is 0 Å². The van der Waals surface area contributed by atoms with Crippen molar-refractivity contribution in [1.29, 1.82) is 0 Å². The van der Waals surface area contributed by atoms with Gasteiger partial charge in [-0.15, -0.1) is 11.3 Å². The maximum atomic E-state index is 13.5. The van der Waals surface area contributed by atoms with Crippen LogP contribution in [0.3, 0.4) is 0 Å². The van der Waals surface area contributed by atoms with Crippen molar-refractivity contribution < 1.29 is 19.1 Å². The molecule has 2 aliphatic rings. The summed E-state index contributed by atoms with van der Waals surface area (Å²) in [6.45, 7) is 3.17. The van der Waals surface area contributed by atoms with Crippen molar-refractivity contribution in [2.75, 3.05) is 18.7 Å². The molecule has 1 aliphatic carbocycles. The molecular weight excluding hydrogens is 450 g/mol. The number of carbonyl (C=O) groups excluding carboxylic acids is 2. The number of ether oxygens (including phenoxy) is 2. The highest BCUT2D eigenvalue weighted by molar-refractivity contribution is 7.09. The number of urea groups is 1. The molecule has 7 nitrogen and oxygen atoms in total. The monoisotopic (exact) mass is 477 g/mol. The summed E-state index contributed by atoms with van der Waals surface area (Å²) in [6, 6.07) is 17.3. The van der Waals surface area contributed by atoms with E-state index in [1.54, 1.807) is 21.1 Å². The molecule has 34 heavy (non-hydrogen) atoms. The minimum atomic E-state index is -0.237. The van der Waals surface area contributed by atoms with Crippen LogP contribution >= 0.6 is 11.3 Å². The van der Waals surface area contributed by atoms with Gasteiger partial charge in [0, 0.05) is 23.2 Å². The molecule has 5 rings (SSSR count). The molecule has 0 unspecified atom stereocenters. The second-order valence-electron chi connectivity index (χ2n) is 8.67. The summed E-state index contributed by atoms with van der Waals surface area (Å²) in [5.41, 5.74) is 2.81. The molecule has 0 radical (unpaired) electrons.